The maximum absolute atomic E-state index is 12.1. The summed E-state index contributed by atoms with van der Waals surface area (Å²) in [6, 6.07) is 0. The Hall–Kier alpha value is 0.670. The Labute approximate surface area is 137 Å². The molecule has 2 nitrogen and oxygen atoms in total. The summed E-state index contributed by atoms with van der Waals surface area (Å²) in [6.45, 7) is 0. The minimum atomic E-state index is -0.219. The highest BCUT2D eigenvalue weighted by molar-refractivity contribution is 14.1. The molecule has 0 N–H and O–H groups in total. The van der Waals surface area contributed by atoms with Gasteiger partial charge in [-0.1, -0.05) is 45.2 Å². The number of carbonyl (C=O) groups is 1. The Kier molecular flexibility index (Phi) is 5.78. The van der Waals surface area contributed by atoms with Crippen LogP contribution in [0.5, 0.6) is 0 Å². The van der Waals surface area contributed by atoms with E-state index in [9.17, 15) is 4.79 Å². The average molecular weight is 474 g/mol. The first-order valence-electron chi connectivity index (χ1n) is 6.81. The summed E-state index contributed by atoms with van der Waals surface area (Å²) in [7, 11) is 0. The lowest BCUT2D eigenvalue weighted by molar-refractivity contribution is -0.148. The Morgan fingerprint density at radius 1 is 1.06 bits per heavy atom. The molecule has 4 heteroatoms. The maximum Gasteiger partial charge on any atom is 0.334 e. The smallest absolute Gasteiger partial charge is 0.334 e. The molecule has 0 spiro atoms. The van der Waals surface area contributed by atoms with Crippen LogP contribution in [-0.2, 0) is 9.53 Å². The number of carbonyl (C=O) groups excluding carboxylic acids is 1. The van der Waals surface area contributed by atoms with Crippen molar-refractivity contribution in [3.05, 3.63) is 11.1 Å². The minimum Gasteiger partial charge on any atom is -0.451 e. The Bertz CT molecular complexity index is 342. The lowest BCUT2D eigenvalue weighted by atomic mass is 9.78. The van der Waals surface area contributed by atoms with Crippen molar-refractivity contribution >= 4 is 51.2 Å². The number of hydrogen-bond donors (Lipinski definition) is 0. The van der Waals surface area contributed by atoms with E-state index in [2.05, 4.69) is 45.2 Å². The van der Waals surface area contributed by atoms with Crippen LogP contribution in [0.2, 0.25) is 0 Å². The van der Waals surface area contributed by atoms with Gasteiger partial charge in [-0.05, 0) is 65.8 Å². The molecule has 102 valence electrons. The van der Waals surface area contributed by atoms with Crippen LogP contribution in [0.1, 0.15) is 51.4 Å². The van der Waals surface area contributed by atoms with Gasteiger partial charge in [0.15, 0.2) is 0 Å². The van der Waals surface area contributed by atoms with E-state index in [1.807, 2.05) is 0 Å². The van der Waals surface area contributed by atoms with E-state index < -0.39 is 0 Å². The topological polar surface area (TPSA) is 26.3 Å². The number of alkyl halides is 2. The molecule has 0 unspecified atom stereocenters. The summed E-state index contributed by atoms with van der Waals surface area (Å²) in [6.07, 6.45) is 8.76. The molecule has 0 radical (unpaired) electrons. The number of hydrogen-bond acceptors (Lipinski definition) is 2. The van der Waals surface area contributed by atoms with E-state index in [0.29, 0.717) is 0 Å². The fourth-order valence-electron chi connectivity index (χ4n) is 3.17. The van der Waals surface area contributed by atoms with Gasteiger partial charge in [0, 0.05) is 5.57 Å². The molecule has 0 bridgehead atoms. The molecule has 2 aliphatic rings. The van der Waals surface area contributed by atoms with Gasteiger partial charge >= 0.3 is 5.97 Å². The fourth-order valence-corrected chi connectivity index (χ4v) is 3.93. The van der Waals surface area contributed by atoms with Gasteiger partial charge in [-0.3, -0.25) is 0 Å². The van der Waals surface area contributed by atoms with Crippen LogP contribution in [0.4, 0.5) is 0 Å². The number of ether oxygens (including phenoxy) is 1. The third-order valence-electron chi connectivity index (χ3n) is 3.98. The van der Waals surface area contributed by atoms with E-state index in [-0.39, 0.29) is 11.6 Å². The van der Waals surface area contributed by atoms with Gasteiger partial charge in [0.2, 0.25) is 0 Å². The summed E-state index contributed by atoms with van der Waals surface area (Å²) < 4.78 is 8.17. The van der Waals surface area contributed by atoms with Crippen molar-refractivity contribution in [2.75, 3.05) is 8.86 Å². The van der Waals surface area contributed by atoms with E-state index in [1.54, 1.807) is 0 Å². The van der Waals surface area contributed by atoms with Gasteiger partial charge in [0.25, 0.3) is 0 Å². The van der Waals surface area contributed by atoms with E-state index in [0.717, 1.165) is 59.4 Å². The van der Waals surface area contributed by atoms with Gasteiger partial charge in [-0.25, -0.2) is 4.79 Å². The van der Waals surface area contributed by atoms with Crippen LogP contribution >= 0.6 is 45.2 Å². The Morgan fingerprint density at radius 2 is 1.67 bits per heavy atom. The lowest BCUT2D eigenvalue weighted by Crippen LogP contribution is -2.33. The van der Waals surface area contributed by atoms with Crippen LogP contribution in [0.25, 0.3) is 0 Å². The van der Waals surface area contributed by atoms with Crippen LogP contribution in [0.3, 0.4) is 0 Å². The first-order valence-corrected chi connectivity index (χ1v) is 9.86. The predicted octanol–water partition coefficient (Wildman–Crippen LogP) is 4.58. The second-order valence-electron chi connectivity index (χ2n) is 5.13. The molecular weight excluding hydrogens is 454 g/mol. The summed E-state index contributed by atoms with van der Waals surface area (Å²) in [4.78, 5) is 12.1. The van der Waals surface area contributed by atoms with Crippen molar-refractivity contribution in [1.82, 2.24) is 0 Å². The molecule has 0 aromatic carbocycles. The molecule has 2 rings (SSSR count). The Balaban J connectivity index is 2.22. The van der Waals surface area contributed by atoms with Gasteiger partial charge < -0.3 is 4.74 Å². The molecule has 0 saturated carbocycles. The first-order chi connectivity index (χ1) is 8.73. The molecule has 1 aliphatic carbocycles. The fraction of sp³-hybridized carbons (Fsp3) is 0.786. The zero-order valence-corrected chi connectivity index (χ0v) is 15.0. The van der Waals surface area contributed by atoms with Crippen molar-refractivity contribution in [3.8, 4) is 0 Å². The summed E-state index contributed by atoms with van der Waals surface area (Å²) in [5, 5.41) is 0. The Morgan fingerprint density at radius 3 is 2.28 bits per heavy atom. The quantitative estimate of drug-likeness (QED) is 0.320. The lowest BCUT2D eigenvalue weighted by Gasteiger charge is -2.32. The van der Waals surface area contributed by atoms with E-state index >= 15 is 0 Å². The standard InChI is InChI=1S/C14H20I2O2/c15-9-3-7-14(8-4-10-16)12-6-2-1-5-11(12)13(17)18-14/h1-10H2. The van der Waals surface area contributed by atoms with Crippen LogP contribution in [0.15, 0.2) is 11.1 Å². The molecular formula is C14H20I2O2. The zero-order chi connectivity index (χ0) is 13.0. The van der Waals surface area contributed by atoms with Crippen LogP contribution in [0, 0.1) is 0 Å². The number of esters is 1. The summed E-state index contributed by atoms with van der Waals surface area (Å²) >= 11 is 4.83. The van der Waals surface area contributed by atoms with Gasteiger partial charge in [-0.2, -0.15) is 0 Å². The molecule has 0 aromatic rings. The zero-order valence-electron chi connectivity index (χ0n) is 10.6. The van der Waals surface area contributed by atoms with Crippen molar-refractivity contribution in [2.24, 2.45) is 0 Å². The van der Waals surface area contributed by atoms with Gasteiger partial charge in [-0.15, -0.1) is 0 Å². The molecule has 1 aliphatic heterocycles. The third kappa shape index (κ3) is 3.04. The molecule has 0 aromatic heterocycles. The normalized spacial score (nSPS) is 22.0. The second kappa shape index (κ2) is 6.90. The van der Waals surface area contributed by atoms with Crippen molar-refractivity contribution in [2.45, 2.75) is 57.0 Å². The molecule has 0 saturated heterocycles. The van der Waals surface area contributed by atoms with E-state index in [1.165, 1.54) is 12.0 Å². The summed E-state index contributed by atoms with van der Waals surface area (Å²) in [5.74, 6) is -0.00776. The highest BCUT2D eigenvalue weighted by atomic mass is 127. The largest absolute Gasteiger partial charge is 0.451 e. The first kappa shape index (κ1) is 15.1. The van der Waals surface area contributed by atoms with Crippen molar-refractivity contribution < 1.29 is 9.53 Å². The van der Waals surface area contributed by atoms with Crippen LogP contribution in [-0.4, -0.2) is 20.4 Å². The number of rotatable bonds is 6. The molecule has 0 amide bonds. The highest BCUT2D eigenvalue weighted by Crippen LogP contribution is 2.46. The summed E-state index contributed by atoms with van der Waals surface area (Å²) in [5.41, 5.74) is 2.18. The van der Waals surface area contributed by atoms with Crippen molar-refractivity contribution in [3.63, 3.8) is 0 Å². The average Bonchev–Trinajstić information content (AvgIpc) is 2.69. The highest BCUT2D eigenvalue weighted by Gasteiger charge is 2.46. The number of cyclic esters (lactones) is 1. The van der Waals surface area contributed by atoms with Gasteiger partial charge in [0.1, 0.15) is 5.60 Å². The molecule has 0 fully saturated rings. The van der Waals surface area contributed by atoms with Crippen molar-refractivity contribution in [1.29, 1.82) is 0 Å². The minimum absolute atomic E-state index is 0.00776. The molecule has 1 heterocycles. The molecule has 0 atom stereocenters. The predicted molar refractivity (Wildman–Crippen MR) is 90.6 cm³/mol. The SMILES string of the molecule is O=C1OC(CCCI)(CCCI)C2=C1CCCC2. The monoisotopic (exact) mass is 474 g/mol. The van der Waals surface area contributed by atoms with Crippen LogP contribution < -0.4 is 0 Å². The maximum atomic E-state index is 12.1. The second-order valence-corrected chi connectivity index (χ2v) is 7.29. The molecule has 18 heavy (non-hydrogen) atoms. The van der Waals surface area contributed by atoms with E-state index in [4.69, 9.17) is 4.74 Å². The van der Waals surface area contributed by atoms with Gasteiger partial charge in [0.05, 0.1) is 0 Å². The number of halogens is 2. The third-order valence-corrected chi connectivity index (χ3v) is 5.51.